The molecule has 0 spiro atoms. The Morgan fingerprint density at radius 3 is 2.80 bits per heavy atom. The first kappa shape index (κ1) is 10.8. The molecule has 0 bridgehead atoms. The third-order valence-electron chi connectivity index (χ3n) is 2.87. The predicted molar refractivity (Wildman–Crippen MR) is 63.3 cm³/mol. The minimum absolute atomic E-state index is 0.658. The molecule has 0 amide bonds. The van der Waals surface area contributed by atoms with Crippen LogP contribution in [0.3, 0.4) is 0 Å². The molecule has 0 atom stereocenters. The third kappa shape index (κ3) is 2.66. The molecule has 1 saturated heterocycles. The molecular formula is C10H18N4S. The highest BCUT2D eigenvalue weighted by molar-refractivity contribution is 7.15. The van der Waals surface area contributed by atoms with E-state index >= 15 is 0 Å². The summed E-state index contributed by atoms with van der Waals surface area (Å²) in [4.78, 5) is 2.34. The van der Waals surface area contributed by atoms with Crippen LogP contribution in [0.5, 0.6) is 0 Å². The smallest absolute Gasteiger partial charge is 0.208 e. The number of hydrogen-bond donors (Lipinski definition) is 1. The first-order valence-electron chi connectivity index (χ1n) is 5.57. The van der Waals surface area contributed by atoms with Crippen molar-refractivity contribution in [2.45, 2.75) is 26.2 Å². The third-order valence-corrected chi connectivity index (χ3v) is 3.91. The second-order valence-corrected chi connectivity index (χ2v) is 5.23. The molecule has 2 rings (SSSR count). The molecule has 0 radical (unpaired) electrons. The van der Waals surface area contributed by atoms with Gasteiger partial charge >= 0.3 is 0 Å². The van der Waals surface area contributed by atoms with Gasteiger partial charge in [-0.1, -0.05) is 18.3 Å². The molecule has 0 aromatic carbocycles. The molecule has 1 aliphatic heterocycles. The minimum atomic E-state index is 0.658. The molecule has 84 valence electrons. The van der Waals surface area contributed by atoms with E-state index in [0.29, 0.717) is 6.54 Å². The molecule has 0 unspecified atom stereocenters. The summed E-state index contributed by atoms with van der Waals surface area (Å²) in [7, 11) is 0. The SMILES string of the molecule is CC1CCN(c2nnc(CCN)s2)CC1. The zero-order chi connectivity index (χ0) is 10.7. The van der Waals surface area contributed by atoms with Gasteiger partial charge in [0.15, 0.2) is 0 Å². The monoisotopic (exact) mass is 226 g/mol. The summed E-state index contributed by atoms with van der Waals surface area (Å²) < 4.78 is 0. The number of piperidine rings is 1. The number of nitrogens with zero attached hydrogens (tertiary/aromatic N) is 3. The van der Waals surface area contributed by atoms with Crippen LogP contribution in [-0.2, 0) is 6.42 Å². The summed E-state index contributed by atoms with van der Waals surface area (Å²) >= 11 is 1.69. The maximum absolute atomic E-state index is 5.49. The molecule has 15 heavy (non-hydrogen) atoms. The van der Waals surface area contributed by atoms with E-state index < -0.39 is 0 Å². The number of hydrogen-bond acceptors (Lipinski definition) is 5. The van der Waals surface area contributed by atoms with Gasteiger partial charge in [-0.3, -0.25) is 0 Å². The Bertz CT molecular complexity index is 304. The van der Waals surface area contributed by atoms with Crippen molar-refractivity contribution in [3.8, 4) is 0 Å². The normalized spacial score (nSPS) is 18.4. The second kappa shape index (κ2) is 4.90. The standard InChI is InChI=1S/C10H18N4S/c1-8-3-6-14(7-4-8)10-13-12-9(15-10)2-5-11/h8H,2-7,11H2,1H3. The van der Waals surface area contributed by atoms with E-state index in [1.54, 1.807) is 11.3 Å². The van der Waals surface area contributed by atoms with Gasteiger partial charge in [-0.15, -0.1) is 10.2 Å². The van der Waals surface area contributed by atoms with Gasteiger partial charge in [0.1, 0.15) is 5.01 Å². The van der Waals surface area contributed by atoms with Gasteiger partial charge in [0.05, 0.1) is 0 Å². The maximum atomic E-state index is 5.49. The average Bonchev–Trinajstić information content (AvgIpc) is 2.68. The Labute approximate surface area is 94.5 Å². The van der Waals surface area contributed by atoms with Gasteiger partial charge in [0, 0.05) is 19.5 Å². The largest absolute Gasteiger partial charge is 0.347 e. The van der Waals surface area contributed by atoms with E-state index in [1.807, 2.05) is 0 Å². The van der Waals surface area contributed by atoms with Gasteiger partial charge in [0.25, 0.3) is 0 Å². The van der Waals surface area contributed by atoms with Crippen LogP contribution in [0.15, 0.2) is 0 Å². The average molecular weight is 226 g/mol. The lowest BCUT2D eigenvalue weighted by Gasteiger charge is -2.29. The van der Waals surface area contributed by atoms with Crippen LogP contribution in [0.2, 0.25) is 0 Å². The van der Waals surface area contributed by atoms with E-state index in [2.05, 4.69) is 22.0 Å². The first-order valence-corrected chi connectivity index (χ1v) is 6.38. The van der Waals surface area contributed by atoms with Crippen molar-refractivity contribution in [1.82, 2.24) is 10.2 Å². The molecular weight excluding hydrogens is 208 g/mol. The zero-order valence-electron chi connectivity index (χ0n) is 9.15. The van der Waals surface area contributed by atoms with Gasteiger partial charge < -0.3 is 10.6 Å². The number of nitrogens with two attached hydrogens (primary N) is 1. The second-order valence-electron chi connectivity index (χ2n) is 4.19. The summed E-state index contributed by atoms with van der Waals surface area (Å²) in [5.74, 6) is 0.859. The lowest BCUT2D eigenvalue weighted by atomic mass is 10.00. The van der Waals surface area contributed by atoms with E-state index in [4.69, 9.17) is 5.73 Å². The number of aromatic nitrogens is 2. The predicted octanol–water partition coefficient (Wildman–Crippen LogP) is 1.28. The summed E-state index contributed by atoms with van der Waals surface area (Å²) in [5.41, 5.74) is 5.49. The molecule has 0 saturated carbocycles. The zero-order valence-corrected chi connectivity index (χ0v) is 9.96. The summed E-state index contributed by atoms with van der Waals surface area (Å²) in [6, 6.07) is 0. The lowest BCUT2D eigenvalue weighted by Crippen LogP contribution is -2.32. The summed E-state index contributed by atoms with van der Waals surface area (Å²) in [5, 5.41) is 10.5. The lowest BCUT2D eigenvalue weighted by molar-refractivity contribution is 0.437. The Balaban J connectivity index is 1.96. The van der Waals surface area contributed by atoms with E-state index in [9.17, 15) is 0 Å². The van der Waals surface area contributed by atoms with E-state index in [0.717, 1.165) is 35.6 Å². The molecule has 0 aliphatic carbocycles. The fraction of sp³-hybridized carbons (Fsp3) is 0.800. The molecule has 4 nitrogen and oxygen atoms in total. The number of anilines is 1. The van der Waals surface area contributed by atoms with Crippen molar-refractivity contribution in [3.05, 3.63) is 5.01 Å². The molecule has 5 heteroatoms. The summed E-state index contributed by atoms with van der Waals surface area (Å²) in [6.07, 6.45) is 3.39. The molecule has 1 aromatic heterocycles. The van der Waals surface area contributed by atoms with Gasteiger partial charge in [-0.25, -0.2) is 0 Å². The van der Waals surface area contributed by atoms with Crippen LogP contribution >= 0.6 is 11.3 Å². The first-order chi connectivity index (χ1) is 7.29. The van der Waals surface area contributed by atoms with Crippen LogP contribution in [0.25, 0.3) is 0 Å². The highest BCUT2D eigenvalue weighted by Crippen LogP contribution is 2.25. The molecule has 1 aromatic rings. The fourth-order valence-electron chi connectivity index (χ4n) is 1.80. The molecule has 2 N–H and O–H groups in total. The minimum Gasteiger partial charge on any atom is -0.347 e. The molecule has 1 aliphatic rings. The topological polar surface area (TPSA) is 55.0 Å². The van der Waals surface area contributed by atoms with Gasteiger partial charge in [-0.05, 0) is 25.3 Å². The summed E-state index contributed by atoms with van der Waals surface area (Å²) in [6.45, 7) is 5.22. The fourth-order valence-corrected chi connectivity index (χ4v) is 2.70. The maximum Gasteiger partial charge on any atom is 0.208 e. The Kier molecular flexibility index (Phi) is 3.53. The number of rotatable bonds is 3. The van der Waals surface area contributed by atoms with Crippen molar-refractivity contribution in [2.75, 3.05) is 24.5 Å². The van der Waals surface area contributed by atoms with Crippen LogP contribution in [-0.4, -0.2) is 29.8 Å². The van der Waals surface area contributed by atoms with E-state index in [1.165, 1.54) is 12.8 Å². The van der Waals surface area contributed by atoms with Crippen LogP contribution in [0.1, 0.15) is 24.8 Å². The Hall–Kier alpha value is -0.680. The van der Waals surface area contributed by atoms with Crippen molar-refractivity contribution >= 4 is 16.5 Å². The van der Waals surface area contributed by atoms with Crippen molar-refractivity contribution in [3.63, 3.8) is 0 Å². The Morgan fingerprint density at radius 2 is 2.13 bits per heavy atom. The van der Waals surface area contributed by atoms with Gasteiger partial charge in [-0.2, -0.15) is 0 Å². The van der Waals surface area contributed by atoms with Crippen molar-refractivity contribution in [1.29, 1.82) is 0 Å². The van der Waals surface area contributed by atoms with Crippen molar-refractivity contribution < 1.29 is 0 Å². The highest BCUT2D eigenvalue weighted by atomic mass is 32.1. The van der Waals surface area contributed by atoms with Gasteiger partial charge in [0.2, 0.25) is 5.13 Å². The molecule has 2 heterocycles. The van der Waals surface area contributed by atoms with E-state index in [-0.39, 0.29) is 0 Å². The quantitative estimate of drug-likeness (QED) is 0.843. The Morgan fingerprint density at radius 1 is 1.40 bits per heavy atom. The highest BCUT2D eigenvalue weighted by Gasteiger charge is 2.18. The van der Waals surface area contributed by atoms with Crippen LogP contribution in [0, 0.1) is 5.92 Å². The van der Waals surface area contributed by atoms with Crippen LogP contribution < -0.4 is 10.6 Å². The van der Waals surface area contributed by atoms with Crippen LogP contribution in [0.4, 0.5) is 5.13 Å². The van der Waals surface area contributed by atoms with Crippen molar-refractivity contribution in [2.24, 2.45) is 11.7 Å². The molecule has 1 fully saturated rings.